The van der Waals surface area contributed by atoms with Crippen molar-refractivity contribution in [2.45, 2.75) is 19.9 Å². The van der Waals surface area contributed by atoms with E-state index in [0.29, 0.717) is 24.2 Å². The predicted molar refractivity (Wildman–Crippen MR) is 82.2 cm³/mol. The van der Waals surface area contributed by atoms with E-state index in [2.05, 4.69) is 11.1 Å². The van der Waals surface area contributed by atoms with Crippen LogP contribution in [-0.4, -0.2) is 9.55 Å². The first-order valence-electron chi connectivity index (χ1n) is 6.12. The highest BCUT2D eigenvalue weighted by atomic mass is 32.1. The Morgan fingerprint density at radius 3 is 3.00 bits per heavy atom. The van der Waals surface area contributed by atoms with E-state index in [1.165, 1.54) is 11.3 Å². The molecule has 4 nitrogen and oxygen atoms in total. The van der Waals surface area contributed by atoms with Crippen LogP contribution in [0.25, 0.3) is 20.7 Å². The van der Waals surface area contributed by atoms with E-state index in [9.17, 15) is 4.79 Å². The fourth-order valence-corrected chi connectivity index (χ4v) is 3.96. The van der Waals surface area contributed by atoms with Gasteiger partial charge in [0.15, 0.2) is 0 Å². The average Bonchev–Trinajstić information content (AvgIpc) is 3.06. The third-order valence-corrected chi connectivity index (χ3v) is 4.89. The molecule has 0 aromatic carbocycles. The van der Waals surface area contributed by atoms with Gasteiger partial charge in [-0.15, -0.1) is 22.7 Å². The smallest absolute Gasteiger partial charge is 0.262 e. The Kier molecular flexibility index (Phi) is 3.38. The summed E-state index contributed by atoms with van der Waals surface area (Å²) in [6.07, 6.45) is 0.312. The highest BCUT2D eigenvalue weighted by Gasteiger charge is 2.15. The summed E-state index contributed by atoms with van der Waals surface area (Å²) in [6, 6.07) is 6.05. The number of aromatic nitrogens is 2. The standard InChI is InChI=1S/C14H11N3OS2/c1-9-16-13-12(14(18)17(9)6-3-5-15)10(8-20-13)11-4-2-7-19-11/h2,4,7-8H,3,6H2,1H3. The molecule has 0 spiro atoms. The van der Waals surface area contributed by atoms with Gasteiger partial charge in [0.05, 0.1) is 17.9 Å². The van der Waals surface area contributed by atoms with Gasteiger partial charge in [0, 0.05) is 22.4 Å². The van der Waals surface area contributed by atoms with E-state index in [-0.39, 0.29) is 5.56 Å². The highest BCUT2D eigenvalue weighted by molar-refractivity contribution is 7.18. The molecule has 3 rings (SSSR count). The summed E-state index contributed by atoms with van der Waals surface area (Å²) in [5.41, 5.74) is 0.899. The van der Waals surface area contributed by atoms with Crippen LogP contribution < -0.4 is 5.56 Å². The molecule has 0 saturated carbocycles. The van der Waals surface area contributed by atoms with Crippen LogP contribution in [-0.2, 0) is 6.54 Å². The fourth-order valence-electron chi connectivity index (χ4n) is 2.16. The number of nitrogens with zero attached hydrogens (tertiary/aromatic N) is 3. The van der Waals surface area contributed by atoms with Crippen molar-refractivity contribution in [2.75, 3.05) is 0 Å². The van der Waals surface area contributed by atoms with E-state index in [4.69, 9.17) is 5.26 Å². The van der Waals surface area contributed by atoms with Gasteiger partial charge >= 0.3 is 0 Å². The van der Waals surface area contributed by atoms with Crippen molar-refractivity contribution in [2.24, 2.45) is 0 Å². The number of hydrogen-bond donors (Lipinski definition) is 0. The number of hydrogen-bond acceptors (Lipinski definition) is 5. The summed E-state index contributed by atoms with van der Waals surface area (Å²) in [6.45, 7) is 2.20. The zero-order chi connectivity index (χ0) is 14.1. The normalized spacial score (nSPS) is 10.8. The molecule has 0 aliphatic rings. The summed E-state index contributed by atoms with van der Waals surface area (Å²) >= 11 is 3.10. The largest absolute Gasteiger partial charge is 0.295 e. The van der Waals surface area contributed by atoms with Gasteiger partial charge in [-0.2, -0.15) is 5.26 Å². The van der Waals surface area contributed by atoms with Crippen LogP contribution >= 0.6 is 22.7 Å². The molecule has 3 aromatic rings. The lowest BCUT2D eigenvalue weighted by Crippen LogP contribution is -2.23. The quantitative estimate of drug-likeness (QED) is 0.745. The lowest BCUT2D eigenvalue weighted by atomic mass is 10.2. The minimum atomic E-state index is -0.0487. The summed E-state index contributed by atoms with van der Waals surface area (Å²) in [4.78, 5) is 19.0. The number of thiophene rings is 2. The first-order valence-corrected chi connectivity index (χ1v) is 7.87. The van der Waals surface area contributed by atoms with Crippen LogP contribution in [0.15, 0.2) is 27.7 Å². The molecular formula is C14H11N3OS2. The number of nitriles is 1. The van der Waals surface area contributed by atoms with Crippen LogP contribution in [0.3, 0.4) is 0 Å². The van der Waals surface area contributed by atoms with Gasteiger partial charge < -0.3 is 0 Å². The van der Waals surface area contributed by atoms with Gasteiger partial charge in [0.1, 0.15) is 10.7 Å². The Labute approximate surface area is 123 Å². The van der Waals surface area contributed by atoms with Crippen LogP contribution in [0, 0.1) is 18.3 Å². The molecule has 0 atom stereocenters. The summed E-state index contributed by atoms with van der Waals surface area (Å²) in [5, 5.41) is 13.4. The van der Waals surface area contributed by atoms with E-state index >= 15 is 0 Å². The maximum absolute atomic E-state index is 12.7. The topological polar surface area (TPSA) is 58.7 Å². The molecule has 3 aromatic heterocycles. The second kappa shape index (κ2) is 5.19. The fraction of sp³-hybridized carbons (Fsp3) is 0.214. The van der Waals surface area contributed by atoms with Crippen LogP contribution in [0.4, 0.5) is 0 Å². The summed E-state index contributed by atoms with van der Waals surface area (Å²) in [5.74, 6) is 0.664. The average molecular weight is 301 g/mol. The molecule has 0 saturated heterocycles. The third-order valence-electron chi connectivity index (χ3n) is 3.12. The Morgan fingerprint density at radius 1 is 1.45 bits per heavy atom. The first kappa shape index (κ1) is 13.0. The zero-order valence-electron chi connectivity index (χ0n) is 10.8. The van der Waals surface area contributed by atoms with Gasteiger partial charge in [-0.05, 0) is 18.4 Å². The molecule has 0 aliphatic heterocycles. The minimum absolute atomic E-state index is 0.0487. The van der Waals surface area contributed by atoms with Gasteiger partial charge in [-0.1, -0.05) is 6.07 Å². The Morgan fingerprint density at radius 2 is 2.30 bits per heavy atom. The van der Waals surface area contributed by atoms with Crippen molar-refractivity contribution < 1.29 is 0 Å². The highest BCUT2D eigenvalue weighted by Crippen LogP contribution is 2.33. The lowest BCUT2D eigenvalue weighted by molar-refractivity contribution is 0.653. The van der Waals surface area contributed by atoms with Crippen molar-refractivity contribution in [1.29, 1.82) is 5.26 Å². The monoisotopic (exact) mass is 301 g/mol. The molecule has 0 radical (unpaired) electrons. The van der Waals surface area contributed by atoms with E-state index in [1.54, 1.807) is 15.9 Å². The van der Waals surface area contributed by atoms with Crippen molar-refractivity contribution >= 4 is 32.9 Å². The summed E-state index contributed by atoms with van der Waals surface area (Å²) < 4.78 is 1.59. The van der Waals surface area contributed by atoms with E-state index < -0.39 is 0 Å². The molecule has 3 heterocycles. The van der Waals surface area contributed by atoms with Gasteiger partial charge in [0.2, 0.25) is 0 Å². The maximum atomic E-state index is 12.7. The SMILES string of the molecule is Cc1nc2scc(-c3cccs3)c2c(=O)n1CCC#N. The Hall–Kier alpha value is -1.97. The number of aryl methyl sites for hydroxylation is 1. The molecule has 0 bridgehead atoms. The van der Waals surface area contributed by atoms with Gasteiger partial charge in [-0.3, -0.25) is 9.36 Å². The predicted octanol–water partition coefficient (Wildman–Crippen LogP) is 3.41. The van der Waals surface area contributed by atoms with Crippen molar-refractivity contribution in [1.82, 2.24) is 9.55 Å². The maximum Gasteiger partial charge on any atom is 0.262 e. The van der Waals surface area contributed by atoms with E-state index in [0.717, 1.165) is 15.3 Å². The second-order valence-corrected chi connectivity index (χ2v) is 6.14. The third kappa shape index (κ3) is 2.05. The van der Waals surface area contributed by atoms with Crippen LogP contribution in [0.1, 0.15) is 12.2 Å². The molecule has 0 fully saturated rings. The van der Waals surface area contributed by atoms with Crippen molar-refractivity contribution in [3.63, 3.8) is 0 Å². The molecule has 100 valence electrons. The van der Waals surface area contributed by atoms with Crippen molar-refractivity contribution in [3.05, 3.63) is 39.1 Å². The minimum Gasteiger partial charge on any atom is -0.295 e. The van der Waals surface area contributed by atoms with E-state index in [1.807, 2.05) is 29.8 Å². The number of fused-ring (bicyclic) bond motifs is 1. The lowest BCUT2D eigenvalue weighted by Gasteiger charge is -2.07. The van der Waals surface area contributed by atoms with Crippen LogP contribution in [0.5, 0.6) is 0 Å². The van der Waals surface area contributed by atoms with Crippen molar-refractivity contribution in [3.8, 4) is 16.5 Å². The molecule has 0 N–H and O–H groups in total. The first-order chi connectivity index (χ1) is 9.72. The molecule has 20 heavy (non-hydrogen) atoms. The molecule has 0 amide bonds. The Bertz CT molecular complexity index is 853. The molecule has 0 unspecified atom stereocenters. The molecule has 0 aliphatic carbocycles. The van der Waals surface area contributed by atoms with Crippen LogP contribution in [0.2, 0.25) is 0 Å². The van der Waals surface area contributed by atoms with Gasteiger partial charge in [0.25, 0.3) is 5.56 Å². The van der Waals surface area contributed by atoms with Gasteiger partial charge in [-0.25, -0.2) is 4.98 Å². The number of rotatable bonds is 3. The Balaban J connectivity index is 2.27. The second-order valence-electron chi connectivity index (χ2n) is 4.33. The summed E-state index contributed by atoms with van der Waals surface area (Å²) in [7, 11) is 0. The molecular weight excluding hydrogens is 290 g/mol. The molecule has 6 heteroatoms. The zero-order valence-corrected chi connectivity index (χ0v) is 12.4.